The average Bonchev–Trinajstić information content (AvgIpc) is 3.24. The van der Waals surface area contributed by atoms with E-state index in [9.17, 15) is 4.79 Å². The molecule has 0 aliphatic carbocycles. The largest absolute Gasteiger partial charge is 0.460 e. The first kappa shape index (κ1) is 19.6. The predicted octanol–water partition coefficient (Wildman–Crippen LogP) is 1.43. The number of fused-ring (bicyclic) bond motifs is 1. The zero-order valence-corrected chi connectivity index (χ0v) is 16.2. The van der Waals surface area contributed by atoms with Crippen molar-refractivity contribution in [3.63, 3.8) is 0 Å². The van der Waals surface area contributed by atoms with Crippen LogP contribution in [0.3, 0.4) is 0 Å². The Morgan fingerprint density at radius 1 is 1.44 bits per heavy atom. The molecule has 2 aromatic heterocycles. The van der Waals surface area contributed by atoms with Crippen LogP contribution in [0.5, 0.6) is 6.01 Å². The number of anilines is 1. The van der Waals surface area contributed by atoms with Crippen LogP contribution in [0.2, 0.25) is 0 Å². The Labute approximate surface area is 158 Å². The van der Waals surface area contributed by atoms with Gasteiger partial charge in [0.15, 0.2) is 11.5 Å². The van der Waals surface area contributed by atoms with E-state index in [0.29, 0.717) is 23.8 Å². The highest BCUT2D eigenvalue weighted by atomic mass is 16.5. The number of nitrogen functional groups attached to an aromatic ring is 1. The third-order valence-electron chi connectivity index (χ3n) is 4.80. The Kier molecular flexibility index (Phi) is 6.68. The Hall–Kier alpha value is -2.13. The quantitative estimate of drug-likeness (QED) is 0.535. The van der Waals surface area contributed by atoms with Crippen molar-refractivity contribution in [1.82, 2.24) is 24.8 Å². The summed E-state index contributed by atoms with van der Waals surface area (Å²) >= 11 is 0. The standard InChI is InChI=1S/C18H30N6O3/c1-3-6-12(2)27-17-22-15(19)14-16(23-17)24(18(25)21-14)9-5-4-8-20-13-7-10-26-11-13/h12-13,20H,3-11H2,1-2H3,(H,21,25)(H2,19,22,23)/t12-,13+/m0/s1. The van der Waals surface area contributed by atoms with Crippen molar-refractivity contribution >= 4 is 17.0 Å². The molecule has 3 rings (SSSR count). The molecular weight excluding hydrogens is 348 g/mol. The van der Waals surface area contributed by atoms with E-state index in [-0.39, 0.29) is 23.6 Å². The molecule has 3 heterocycles. The third-order valence-corrected chi connectivity index (χ3v) is 4.80. The number of ether oxygens (including phenoxy) is 2. The van der Waals surface area contributed by atoms with E-state index in [0.717, 1.165) is 51.9 Å². The number of nitrogens with one attached hydrogen (secondary N) is 2. The fourth-order valence-corrected chi connectivity index (χ4v) is 3.33. The number of aryl methyl sites for hydroxylation is 1. The minimum atomic E-state index is -0.220. The molecule has 1 saturated heterocycles. The summed E-state index contributed by atoms with van der Waals surface area (Å²) in [5, 5.41) is 3.48. The summed E-state index contributed by atoms with van der Waals surface area (Å²) in [4.78, 5) is 23.7. The van der Waals surface area contributed by atoms with Gasteiger partial charge in [0, 0.05) is 19.2 Å². The molecule has 1 aliphatic rings. The topological polar surface area (TPSA) is 120 Å². The maximum atomic E-state index is 12.3. The maximum Gasteiger partial charge on any atom is 0.327 e. The highest BCUT2D eigenvalue weighted by Gasteiger charge is 2.16. The molecule has 0 spiro atoms. The Bertz CT molecular complexity index is 796. The molecule has 0 bridgehead atoms. The summed E-state index contributed by atoms with van der Waals surface area (Å²) in [6.07, 6.45) is 4.80. The van der Waals surface area contributed by atoms with Gasteiger partial charge in [0.2, 0.25) is 0 Å². The van der Waals surface area contributed by atoms with Crippen LogP contribution in [0.15, 0.2) is 4.79 Å². The van der Waals surface area contributed by atoms with Crippen molar-refractivity contribution in [2.24, 2.45) is 0 Å². The number of rotatable bonds is 10. The van der Waals surface area contributed by atoms with Gasteiger partial charge >= 0.3 is 11.7 Å². The SMILES string of the molecule is CCC[C@H](C)Oc1nc(N)c2[nH]c(=O)n(CCCCN[C@@H]3CCOC3)c2n1. The third kappa shape index (κ3) is 4.98. The van der Waals surface area contributed by atoms with Gasteiger partial charge in [-0.2, -0.15) is 9.97 Å². The molecule has 1 aliphatic heterocycles. The van der Waals surface area contributed by atoms with Crippen LogP contribution in [0.25, 0.3) is 11.2 Å². The van der Waals surface area contributed by atoms with Crippen molar-refractivity contribution < 1.29 is 9.47 Å². The molecule has 0 amide bonds. The van der Waals surface area contributed by atoms with Crippen molar-refractivity contribution in [3.8, 4) is 6.01 Å². The van der Waals surface area contributed by atoms with E-state index in [1.807, 2.05) is 6.92 Å². The number of aromatic amines is 1. The number of aromatic nitrogens is 4. The maximum absolute atomic E-state index is 12.3. The normalized spacial score (nSPS) is 18.2. The molecule has 9 heteroatoms. The second-order valence-corrected chi connectivity index (χ2v) is 7.11. The van der Waals surface area contributed by atoms with Gasteiger partial charge in [0.25, 0.3) is 0 Å². The number of nitrogens with two attached hydrogens (primary N) is 1. The van der Waals surface area contributed by atoms with Crippen molar-refractivity contribution in [1.29, 1.82) is 0 Å². The monoisotopic (exact) mass is 378 g/mol. The molecule has 0 saturated carbocycles. The first-order valence-electron chi connectivity index (χ1n) is 9.82. The average molecular weight is 378 g/mol. The Balaban J connectivity index is 1.63. The summed E-state index contributed by atoms with van der Waals surface area (Å²) in [7, 11) is 0. The van der Waals surface area contributed by atoms with E-state index in [4.69, 9.17) is 15.2 Å². The van der Waals surface area contributed by atoms with Crippen LogP contribution in [0.1, 0.15) is 46.0 Å². The Morgan fingerprint density at radius 3 is 3.04 bits per heavy atom. The van der Waals surface area contributed by atoms with E-state index in [2.05, 4.69) is 27.2 Å². The van der Waals surface area contributed by atoms with Crippen LogP contribution in [0.4, 0.5) is 5.82 Å². The summed E-state index contributed by atoms with van der Waals surface area (Å²) in [5.74, 6) is 0.234. The molecular formula is C18H30N6O3. The van der Waals surface area contributed by atoms with E-state index >= 15 is 0 Å². The summed E-state index contributed by atoms with van der Waals surface area (Å²) in [6.45, 7) is 7.17. The van der Waals surface area contributed by atoms with Gasteiger partial charge in [-0.3, -0.25) is 4.57 Å². The molecule has 1 fully saturated rings. The van der Waals surface area contributed by atoms with Gasteiger partial charge in [-0.25, -0.2) is 4.79 Å². The van der Waals surface area contributed by atoms with Crippen molar-refractivity contribution in [3.05, 3.63) is 10.5 Å². The van der Waals surface area contributed by atoms with Gasteiger partial charge < -0.3 is 25.5 Å². The van der Waals surface area contributed by atoms with Crippen molar-refractivity contribution in [2.75, 3.05) is 25.5 Å². The minimum absolute atomic E-state index is 0.00314. The zero-order valence-electron chi connectivity index (χ0n) is 16.2. The molecule has 4 N–H and O–H groups in total. The van der Waals surface area contributed by atoms with Gasteiger partial charge in [0.05, 0.1) is 12.7 Å². The van der Waals surface area contributed by atoms with E-state index < -0.39 is 0 Å². The first-order valence-corrected chi connectivity index (χ1v) is 9.82. The molecule has 0 unspecified atom stereocenters. The lowest BCUT2D eigenvalue weighted by molar-refractivity contribution is 0.190. The van der Waals surface area contributed by atoms with Crippen LogP contribution >= 0.6 is 0 Å². The molecule has 0 radical (unpaired) electrons. The van der Waals surface area contributed by atoms with Crippen LogP contribution in [0, 0.1) is 0 Å². The zero-order chi connectivity index (χ0) is 19.2. The summed E-state index contributed by atoms with van der Waals surface area (Å²) in [5.41, 5.74) is 6.75. The lowest BCUT2D eigenvalue weighted by Gasteiger charge is -2.12. The predicted molar refractivity (Wildman–Crippen MR) is 104 cm³/mol. The fourth-order valence-electron chi connectivity index (χ4n) is 3.33. The van der Waals surface area contributed by atoms with Crippen LogP contribution in [-0.2, 0) is 11.3 Å². The van der Waals surface area contributed by atoms with Gasteiger partial charge in [-0.1, -0.05) is 13.3 Å². The number of nitrogens with zero attached hydrogens (tertiary/aromatic N) is 3. The first-order chi connectivity index (χ1) is 13.1. The van der Waals surface area contributed by atoms with Gasteiger partial charge in [-0.15, -0.1) is 0 Å². The lowest BCUT2D eigenvalue weighted by atomic mass is 10.2. The number of imidazole rings is 1. The number of H-pyrrole nitrogens is 1. The highest BCUT2D eigenvalue weighted by Crippen LogP contribution is 2.19. The second-order valence-electron chi connectivity index (χ2n) is 7.11. The van der Waals surface area contributed by atoms with Gasteiger partial charge in [0.1, 0.15) is 5.52 Å². The lowest BCUT2D eigenvalue weighted by Crippen LogP contribution is -2.30. The number of hydrogen-bond acceptors (Lipinski definition) is 7. The molecule has 0 aromatic carbocycles. The summed E-state index contributed by atoms with van der Waals surface area (Å²) < 4.78 is 12.7. The van der Waals surface area contributed by atoms with Crippen LogP contribution in [-0.4, -0.2) is 51.4 Å². The Morgan fingerprint density at radius 2 is 2.30 bits per heavy atom. The number of unbranched alkanes of at least 4 members (excludes halogenated alkanes) is 1. The molecule has 2 aromatic rings. The van der Waals surface area contributed by atoms with Crippen molar-refractivity contribution in [2.45, 2.75) is 64.6 Å². The second kappa shape index (κ2) is 9.18. The van der Waals surface area contributed by atoms with Crippen LogP contribution < -0.4 is 21.5 Å². The minimum Gasteiger partial charge on any atom is -0.460 e. The molecule has 2 atom stereocenters. The highest BCUT2D eigenvalue weighted by molar-refractivity contribution is 5.81. The van der Waals surface area contributed by atoms with E-state index in [1.165, 1.54) is 0 Å². The number of hydrogen-bond donors (Lipinski definition) is 3. The molecule has 27 heavy (non-hydrogen) atoms. The molecule has 150 valence electrons. The van der Waals surface area contributed by atoms with Gasteiger partial charge in [-0.05, 0) is 39.2 Å². The van der Waals surface area contributed by atoms with E-state index in [1.54, 1.807) is 4.57 Å². The smallest absolute Gasteiger partial charge is 0.327 e. The summed E-state index contributed by atoms with van der Waals surface area (Å²) in [6, 6.07) is 0.676. The fraction of sp³-hybridized carbons (Fsp3) is 0.722. The molecule has 9 nitrogen and oxygen atoms in total.